The van der Waals surface area contributed by atoms with Crippen molar-refractivity contribution in [3.05, 3.63) is 48.4 Å². The van der Waals surface area contributed by atoms with Crippen molar-refractivity contribution in [2.24, 2.45) is 5.41 Å². The van der Waals surface area contributed by atoms with Crippen LogP contribution in [0, 0.1) is 16.7 Å². The summed E-state index contributed by atoms with van der Waals surface area (Å²) in [6.45, 7) is 3.51. The molecule has 164 valence electrons. The summed E-state index contributed by atoms with van der Waals surface area (Å²) in [5.74, 6) is 0.508. The summed E-state index contributed by atoms with van der Waals surface area (Å²) in [5, 5.41) is 9.27. The standard InChI is InChI=1S/C24H25N5O3/c1-23(14-28-16-27-19-6-4-17(11-25)10-20(19)28)8-3-9-24(13-23)15-29(22(30)32-24)18-5-7-21(31-2)26-12-18/h4-7,10,12,16H,3,8-9,13-15H2,1-2H3. The first kappa shape index (κ1) is 20.3. The molecule has 3 aromatic rings. The third kappa shape index (κ3) is 3.54. The topological polar surface area (TPSA) is 93.3 Å². The lowest BCUT2D eigenvalue weighted by molar-refractivity contribution is -0.0264. The maximum atomic E-state index is 12.8. The number of pyridine rings is 1. The van der Waals surface area contributed by atoms with Crippen LogP contribution in [0.15, 0.2) is 42.9 Å². The van der Waals surface area contributed by atoms with Crippen molar-refractivity contribution in [2.45, 2.75) is 44.8 Å². The number of imidazole rings is 1. The lowest BCUT2D eigenvalue weighted by Crippen LogP contribution is -2.45. The summed E-state index contributed by atoms with van der Waals surface area (Å²) in [6.07, 6.45) is 6.79. The Bertz CT molecular complexity index is 1210. The molecule has 2 atom stereocenters. The SMILES string of the molecule is COc1ccc(N2CC3(CCCC(C)(Cn4cnc5ccc(C#N)cc54)C3)OC2=O)cn1. The lowest BCUT2D eigenvalue weighted by atomic mass is 9.68. The monoisotopic (exact) mass is 431 g/mol. The van der Waals surface area contributed by atoms with Gasteiger partial charge >= 0.3 is 6.09 Å². The molecule has 0 N–H and O–H groups in total. The van der Waals surface area contributed by atoms with Gasteiger partial charge in [0.05, 0.1) is 54.5 Å². The molecule has 3 heterocycles. The average Bonchev–Trinajstić information content (AvgIpc) is 3.33. The fraction of sp³-hybridized carbons (Fsp3) is 0.417. The Morgan fingerprint density at radius 1 is 1.25 bits per heavy atom. The Morgan fingerprint density at radius 2 is 2.12 bits per heavy atom. The molecule has 32 heavy (non-hydrogen) atoms. The van der Waals surface area contributed by atoms with Crippen LogP contribution in [-0.4, -0.2) is 39.9 Å². The lowest BCUT2D eigenvalue weighted by Gasteiger charge is -2.43. The molecule has 2 unspecified atom stereocenters. The second-order valence-corrected chi connectivity index (χ2v) is 9.22. The Labute approximate surface area is 186 Å². The van der Waals surface area contributed by atoms with Crippen LogP contribution in [0.2, 0.25) is 0 Å². The van der Waals surface area contributed by atoms with Crippen molar-refractivity contribution in [3.8, 4) is 11.9 Å². The van der Waals surface area contributed by atoms with E-state index in [0.717, 1.165) is 43.3 Å². The number of carbonyl (C=O) groups is 1. The Balaban J connectivity index is 1.38. The van der Waals surface area contributed by atoms with Crippen LogP contribution in [0.1, 0.15) is 38.2 Å². The van der Waals surface area contributed by atoms with E-state index in [-0.39, 0.29) is 11.5 Å². The number of ether oxygens (including phenoxy) is 2. The van der Waals surface area contributed by atoms with E-state index >= 15 is 0 Å². The summed E-state index contributed by atoms with van der Waals surface area (Å²) >= 11 is 0. The van der Waals surface area contributed by atoms with Crippen LogP contribution in [0.5, 0.6) is 5.88 Å². The normalized spacial score (nSPS) is 25.2. The van der Waals surface area contributed by atoms with E-state index in [1.54, 1.807) is 30.3 Å². The van der Waals surface area contributed by atoms with Gasteiger partial charge in [0, 0.05) is 12.6 Å². The maximum Gasteiger partial charge on any atom is 0.415 e. The largest absolute Gasteiger partial charge is 0.481 e. The zero-order chi connectivity index (χ0) is 22.3. The molecule has 8 heteroatoms. The minimum atomic E-state index is -0.516. The van der Waals surface area contributed by atoms with Crippen LogP contribution in [0.3, 0.4) is 0 Å². The fourth-order valence-electron chi connectivity index (χ4n) is 5.29. The van der Waals surface area contributed by atoms with Gasteiger partial charge in [0.2, 0.25) is 5.88 Å². The number of hydrogen-bond donors (Lipinski definition) is 0. The van der Waals surface area contributed by atoms with E-state index in [2.05, 4.69) is 27.5 Å². The number of anilines is 1. The number of amides is 1. The molecule has 1 saturated heterocycles. The molecule has 2 aromatic heterocycles. The van der Waals surface area contributed by atoms with Crippen LogP contribution >= 0.6 is 0 Å². The van der Waals surface area contributed by atoms with E-state index in [4.69, 9.17) is 9.47 Å². The predicted molar refractivity (Wildman–Crippen MR) is 118 cm³/mol. The number of rotatable bonds is 4. The molecule has 5 rings (SSSR count). The van der Waals surface area contributed by atoms with Crippen LogP contribution in [0.25, 0.3) is 11.0 Å². The van der Waals surface area contributed by atoms with Gasteiger partial charge in [0.15, 0.2) is 0 Å². The number of fused-ring (bicyclic) bond motifs is 1. The quantitative estimate of drug-likeness (QED) is 0.612. The summed E-state index contributed by atoms with van der Waals surface area (Å²) in [5.41, 5.74) is 2.59. The molecule has 1 aliphatic heterocycles. The molecule has 2 fully saturated rings. The second kappa shape index (κ2) is 7.52. The van der Waals surface area contributed by atoms with Crippen molar-refractivity contribution >= 4 is 22.8 Å². The number of benzene rings is 1. The molecule has 1 spiro atoms. The third-order valence-corrected chi connectivity index (χ3v) is 6.68. The first-order valence-electron chi connectivity index (χ1n) is 10.8. The maximum absolute atomic E-state index is 12.8. The highest BCUT2D eigenvalue weighted by atomic mass is 16.6. The molecule has 0 radical (unpaired) electrons. The van der Waals surface area contributed by atoms with Gasteiger partial charge in [0.25, 0.3) is 0 Å². The molecule has 0 bridgehead atoms. The number of carbonyl (C=O) groups excluding carboxylic acids is 1. The smallest absolute Gasteiger partial charge is 0.415 e. The van der Waals surface area contributed by atoms with E-state index in [1.807, 2.05) is 24.5 Å². The Morgan fingerprint density at radius 3 is 2.88 bits per heavy atom. The molecule has 1 saturated carbocycles. The van der Waals surface area contributed by atoms with Gasteiger partial charge in [0.1, 0.15) is 5.60 Å². The number of methoxy groups -OCH3 is 1. The zero-order valence-corrected chi connectivity index (χ0v) is 18.2. The molecule has 8 nitrogen and oxygen atoms in total. The van der Waals surface area contributed by atoms with E-state index in [0.29, 0.717) is 23.7 Å². The minimum absolute atomic E-state index is 0.0665. The van der Waals surface area contributed by atoms with Gasteiger partial charge in [-0.1, -0.05) is 6.92 Å². The van der Waals surface area contributed by atoms with Crippen molar-refractivity contribution in [3.63, 3.8) is 0 Å². The van der Waals surface area contributed by atoms with Gasteiger partial charge in [-0.25, -0.2) is 14.8 Å². The van der Waals surface area contributed by atoms with Crippen molar-refractivity contribution in [2.75, 3.05) is 18.6 Å². The minimum Gasteiger partial charge on any atom is -0.481 e. The molecular formula is C24H25N5O3. The van der Waals surface area contributed by atoms with Crippen LogP contribution < -0.4 is 9.64 Å². The zero-order valence-electron chi connectivity index (χ0n) is 18.2. The second-order valence-electron chi connectivity index (χ2n) is 9.22. The fourth-order valence-corrected chi connectivity index (χ4v) is 5.29. The summed E-state index contributed by atoms with van der Waals surface area (Å²) in [4.78, 5) is 23.2. The van der Waals surface area contributed by atoms with Gasteiger partial charge in [-0.15, -0.1) is 0 Å². The average molecular weight is 431 g/mol. The summed E-state index contributed by atoms with van der Waals surface area (Å²) in [7, 11) is 1.56. The van der Waals surface area contributed by atoms with Gasteiger partial charge in [-0.3, -0.25) is 4.90 Å². The predicted octanol–water partition coefficient (Wildman–Crippen LogP) is 4.29. The van der Waals surface area contributed by atoms with Gasteiger partial charge < -0.3 is 14.0 Å². The number of hydrogen-bond acceptors (Lipinski definition) is 6. The number of aromatic nitrogens is 3. The summed E-state index contributed by atoms with van der Waals surface area (Å²) in [6, 6.07) is 11.3. The van der Waals surface area contributed by atoms with E-state index in [1.165, 1.54) is 0 Å². The highest BCUT2D eigenvalue weighted by molar-refractivity contribution is 5.90. The van der Waals surface area contributed by atoms with Crippen molar-refractivity contribution < 1.29 is 14.3 Å². The first-order valence-corrected chi connectivity index (χ1v) is 10.8. The summed E-state index contributed by atoms with van der Waals surface area (Å²) < 4.78 is 13.3. The van der Waals surface area contributed by atoms with Crippen molar-refractivity contribution in [1.82, 2.24) is 14.5 Å². The van der Waals surface area contributed by atoms with Crippen LogP contribution in [-0.2, 0) is 11.3 Å². The Kier molecular flexibility index (Phi) is 4.77. The molecular weight excluding hydrogens is 406 g/mol. The molecule has 1 aliphatic carbocycles. The van der Waals surface area contributed by atoms with E-state index < -0.39 is 5.60 Å². The molecule has 1 aromatic carbocycles. The van der Waals surface area contributed by atoms with E-state index in [9.17, 15) is 10.1 Å². The highest BCUT2D eigenvalue weighted by Gasteiger charge is 2.51. The number of nitrogens with zero attached hydrogens (tertiary/aromatic N) is 5. The molecule has 1 amide bonds. The highest BCUT2D eigenvalue weighted by Crippen LogP contribution is 2.48. The van der Waals surface area contributed by atoms with Crippen LogP contribution in [0.4, 0.5) is 10.5 Å². The molecule has 2 aliphatic rings. The number of nitriles is 1. The first-order chi connectivity index (χ1) is 15.4. The van der Waals surface area contributed by atoms with Gasteiger partial charge in [-0.2, -0.15) is 5.26 Å². The van der Waals surface area contributed by atoms with Crippen molar-refractivity contribution in [1.29, 1.82) is 5.26 Å². The van der Waals surface area contributed by atoms with Gasteiger partial charge in [-0.05, 0) is 55.4 Å². The Hall–Kier alpha value is -3.60. The third-order valence-electron chi connectivity index (χ3n) is 6.68.